The van der Waals surface area contributed by atoms with Gasteiger partial charge in [0, 0.05) is 7.05 Å². The number of halogens is 1. The highest BCUT2D eigenvalue weighted by atomic mass is 19.1. The van der Waals surface area contributed by atoms with Crippen molar-refractivity contribution in [2.45, 2.75) is 6.92 Å². The van der Waals surface area contributed by atoms with Crippen LogP contribution in [0.2, 0.25) is 0 Å². The molecule has 0 unspecified atom stereocenters. The van der Waals surface area contributed by atoms with E-state index in [1.54, 1.807) is 6.92 Å². The van der Waals surface area contributed by atoms with Crippen LogP contribution in [0.4, 0.5) is 4.39 Å². The Morgan fingerprint density at radius 3 is 2.50 bits per heavy atom. The van der Waals surface area contributed by atoms with Gasteiger partial charge in [-0.1, -0.05) is 5.92 Å². The maximum absolute atomic E-state index is 12.8. The first kappa shape index (κ1) is 6.81. The molecule has 0 fully saturated rings. The number of aryl methyl sites for hydroxylation is 2. The lowest BCUT2D eigenvalue weighted by atomic mass is 10.3. The quantitative estimate of drug-likeness (QED) is 0.486. The molecule has 0 aliphatic rings. The SMILES string of the molecule is C#Cc1c(C)nn(C)c1F. The summed E-state index contributed by atoms with van der Waals surface area (Å²) in [5.74, 6) is 1.78. The summed E-state index contributed by atoms with van der Waals surface area (Å²) < 4.78 is 13.9. The van der Waals surface area contributed by atoms with Gasteiger partial charge >= 0.3 is 0 Å². The highest BCUT2D eigenvalue weighted by molar-refractivity contribution is 5.34. The van der Waals surface area contributed by atoms with Crippen molar-refractivity contribution in [2.24, 2.45) is 7.05 Å². The van der Waals surface area contributed by atoms with Crippen molar-refractivity contribution in [2.75, 3.05) is 0 Å². The summed E-state index contributed by atoms with van der Waals surface area (Å²) in [6, 6.07) is 0. The van der Waals surface area contributed by atoms with E-state index in [-0.39, 0.29) is 5.56 Å². The smallest absolute Gasteiger partial charge is 0.227 e. The molecule has 0 amide bonds. The summed E-state index contributed by atoms with van der Waals surface area (Å²) in [6.45, 7) is 1.68. The normalized spacial score (nSPS) is 9.40. The monoisotopic (exact) mass is 138 g/mol. The van der Waals surface area contributed by atoms with Crippen molar-refractivity contribution in [3.63, 3.8) is 0 Å². The van der Waals surface area contributed by atoms with Crippen LogP contribution in [0.3, 0.4) is 0 Å². The molecule has 1 rings (SSSR count). The molecule has 0 radical (unpaired) electrons. The van der Waals surface area contributed by atoms with Gasteiger partial charge in [-0.2, -0.15) is 9.49 Å². The standard InChI is InChI=1S/C7H7FN2/c1-4-6-5(2)9-10(3)7(6)8/h1H,2-3H3. The van der Waals surface area contributed by atoms with Crippen LogP contribution in [0.1, 0.15) is 11.3 Å². The number of aromatic nitrogens is 2. The molecule has 0 N–H and O–H groups in total. The second-order valence-electron chi connectivity index (χ2n) is 2.02. The van der Waals surface area contributed by atoms with E-state index in [0.29, 0.717) is 5.69 Å². The number of terminal acetylenes is 1. The Balaban J connectivity index is 3.37. The van der Waals surface area contributed by atoms with Crippen molar-refractivity contribution in [3.05, 3.63) is 17.2 Å². The largest absolute Gasteiger partial charge is 0.241 e. The van der Waals surface area contributed by atoms with Crippen molar-refractivity contribution < 1.29 is 4.39 Å². The molecule has 0 bridgehead atoms. The first-order chi connectivity index (χ1) is 4.66. The lowest BCUT2D eigenvalue weighted by Crippen LogP contribution is -1.93. The minimum atomic E-state index is -0.444. The third-order valence-electron chi connectivity index (χ3n) is 1.30. The van der Waals surface area contributed by atoms with E-state index in [4.69, 9.17) is 6.42 Å². The van der Waals surface area contributed by atoms with Gasteiger partial charge in [0.25, 0.3) is 0 Å². The molecule has 1 heterocycles. The average Bonchev–Trinajstić information content (AvgIpc) is 2.09. The van der Waals surface area contributed by atoms with E-state index < -0.39 is 5.95 Å². The van der Waals surface area contributed by atoms with Crippen molar-refractivity contribution >= 4 is 0 Å². The first-order valence-electron chi connectivity index (χ1n) is 2.82. The topological polar surface area (TPSA) is 17.8 Å². The molecule has 1 aromatic rings. The summed E-state index contributed by atoms with van der Waals surface area (Å²) in [7, 11) is 1.52. The maximum atomic E-state index is 12.8. The predicted molar refractivity (Wildman–Crippen MR) is 35.8 cm³/mol. The van der Waals surface area contributed by atoms with Gasteiger partial charge in [0.1, 0.15) is 5.56 Å². The fourth-order valence-corrected chi connectivity index (χ4v) is 0.794. The fraction of sp³-hybridized carbons (Fsp3) is 0.286. The number of hydrogen-bond donors (Lipinski definition) is 0. The Hall–Kier alpha value is -1.30. The van der Waals surface area contributed by atoms with Crippen LogP contribution in [-0.2, 0) is 7.05 Å². The zero-order chi connectivity index (χ0) is 7.72. The van der Waals surface area contributed by atoms with Crippen LogP contribution in [-0.4, -0.2) is 9.78 Å². The molecular formula is C7H7FN2. The Bertz CT molecular complexity index is 293. The lowest BCUT2D eigenvalue weighted by molar-refractivity contribution is 0.501. The molecule has 1 aromatic heterocycles. The molecule has 0 atom stereocenters. The van der Waals surface area contributed by atoms with Crippen LogP contribution in [0.15, 0.2) is 0 Å². The van der Waals surface area contributed by atoms with Gasteiger partial charge in [0.15, 0.2) is 0 Å². The van der Waals surface area contributed by atoms with Crippen molar-refractivity contribution in [1.82, 2.24) is 9.78 Å². The molecule has 10 heavy (non-hydrogen) atoms. The lowest BCUT2D eigenvalue weighted by Gasteiger charge is -1.85. The molecule has 52 valence electrons. The zero-order valence-corrected chi connectivity index (χ0v) is 5.85. The van der Waals surface area contributed by atoms with Gasteiger partial charge in [0.2, 0.25) is 5.95 Å². The molecule has 3 heteroatoms. The first-order valence-corrected chi connectivity index (χ1v) is 2.82. The Labute approximate surface area is 58.7 Å². The fourth-order valence-electron chi connectivity index (χ4n) is 0.794. The van der Waals surface area contributed by atoms with Gasteiger partial charge < -0.3 is 0 Å². The summed E-state index contributed by atoms with van der Waals surface area (Å²) in [5.41, 5.74) is 0.810. The molecule has 0 aliphatic heterocycles. The summed E-state index contributed by atoms with van der Waals surface area (Å²) in [5, 5.41) is 3.78. The Kier molecular flexibility index (Phi) is 1.46. The molecule has 2 nitrogen and oxygen atoms in total. The van der Waals surface area contributed by atoms with E-state index >= 15 is 0 Å². The molecule has 0 saturated heterocycles. The van der Waals surface area contributed by atoms with Crippen LogP contribution in [0.25, 0.3) is 0 Å². The van der Waals surface area contributed by atoms with Gasteiger partial charge in [-0.05, 0) is 6.92 Å². The number of nitrogens with zero attached hydrogens (tertiary/aromatic N) is 2. The highest BCUT2D eigenvalue weighted by Gasteiger charge is 2.08. The van der Waals surface area contributed by atoms with Gasteiger partial charge in [-0.15, -0.1) is 6.42 Å². The second-order valence-corrected chi connectivity index (χ2v) is 2.02. The summed E-state index contributed by atoms with van der Waals surface area (Å²) in [4.78, 5) is 0. The van der Waals surface area contributed by atoms with E-state index in [1.165, 1.54) is 7.05 Å². The molecule has 0 spiro atoms. The van der Waals surface area contributed by atoms with Crippen LogP contribution in [0.5, 0.6) is 0 Å². The summed E-state index contributed by atoms with van der Waals surface area (Å²) >= 11 is 0. The third kappa shape index (κ3) is 0.781. The maximum Gasteiger partial charge on any atom is 0.227 e. The molecule has 0 saturated carbocycles. The second kappa shape index (κ2) is 2.14. The molecule has 0 aliphatic carbocycles. The zero-order valence-electron chi connectivity index (χ0n) is 5.85. The predicted octanol–water partition coefficient (Wildman–Crippen LogP) is 0.849. The van der Waals surface area contributed by atoms with Gasteiger partial charge in [0.05, 0.1) is 5.69 Å². The highest BCUT2D eigenvalue weighted by Crippen LogP contribution is 2.07. The van der Waals surface area contributed by atoms with Crippen molar-refractivity contribution in [3.8, 4) is 12.3 Å². The van der Waals surface area contributed by atoms with E-state index in [9.17, 15) is 4.39 Å². The van der Waals surface area contributed by atoms with Crippen LogP contribution in [0, 0.1) is 25.2 Å². The Morgan fingerprint density at radius 2 is 2.30 bits per heavy atom. The van der Waals surface area contributed by atoms with Crippen molar-refractivity contribution in [1.29, 1.82) is 0 Å². The number of rotatable bonds is 0. The van der Waals surface area contributed by atoms with Gasteiger partial charge in [-0.25, -0.2) is 4.68 Å². The minimum absolute atomic E-state index is 0.252. The van der Waals surface area contributed by atoms with Crippen LogP contribution < -0.4 is 0 Å². The van der Waals surface area contributed by atoms with E-state index in [2.05, 4.69) is 11.0 Å². The van der Waals surface area contributed by atoms with E-state index in [1.807, 2.05) is 0 Å². The summed E-state index contributed by atoms with van der Waals surface area (Å²) in [6.07, 6.45) is 5.02. The molecular weight excluding hydrogens is 131 g/mol. The van der Waals surface area contributed by atoms with Crippen LogP contribution >= 0.6 is 0 Å². The minimum Gasteiger partial charge on any atom is -0.241 e. The third-order valence-corrected chi connectivity index (χ3v) is 1.30. The van der Waals surface area contributed by atoms with E-state index in [0.717, 1.165) is 4.68 Å². The number of hydrogen-bond acceptors (Lipinski definition) is 1. The average molecular weight is 138 g/mol. The Morgan fingerprint density at radius 1 is 1.70 bits per heavy atom. The van der Waals surface area contributed by atoms with Gasteiger partial charge in [-0.3, -0.25) is 0 Å². The molecule has 0 aromatic carbocycles.